The summed E-state index contributed by atoms with van der Waals surface area (Å²) < 4.78 is 0. The molecule has 0 aliphatic carbocycles. The minimum Gasteiger partial charge on any atom is -0.508 e. The quantitative estimate of drug-likeness (QED) is 0.529. The standard InChI is InChI=1S/C24H34O/c1-5-9-13-21-22(16-17-24(25)23(21)14-10-6-2)20-15-11-12-18(7-3)19(20)8-4/h11-12,15-17,25H,5-10,13-14H2,1-4H3. The van der Waals surface area contributed by atoms with E-state index in [1.807, 2.05) is 6.07 Å². The van der Waals surface area contributed by atoms with Gasteiger partial charge in [-0.05, 0) is 78.0 Å². The highest BCUT2D eigenvalue weighted by atomic mass is 16.3. The van der Waals surface area contributed by atoms with E-state index in [1.165, 1.54) is 46.2 Å². The van der Waals surface area contributed by atoms with Gasteiger partial charge in [0, 0.05) is 0 Å². The fourth-order valence-corrected chi connectivity index (χ4v) is 3.84. The Bertz CT molecular complexity index is 685. The number of aromatic hydroxyl groups is 1. The van der Waals surface area contributed by atoms with Crippen molar-refractivity contribution in [1.82, 2.24) is 0 Å². The Morgan fingerprint density at radius 3 is 1.92 bits per heavy atom. The highest BCUT2D eigenvalue weighted by molar-refractivity contribution is 5.74. The molecule has 0 unspecified atom stereocenters. The molecule has 0 spiro atoms. The van der Waals surface area contributed by atoms with Crippen LogP contribution < -0.4 is 0 Å². The van der Waals surface area contributed by atoms with Gasteiger partial charge in [-0.2, -0.15) is 0 Å². The van der Waals surface area contributed by atoms with E-state index in [2.05, 4.69) is 52.0 Å². The number of rotatable bonds is 9. The van der Waals surface area contributed by atoms with Gasteiger partial charge in [0.05, 0.1) is 0 Å². The van der Waals surface area contributed by atoms with Gasteiger partial charge in [-0.3, -0.25) is 0 Å². The second-order valence-corrected chi connectivity index (χ2v) is 6.95. The minimum atomic E-state index is 0.480. The average Bonchev–Trinajstić information content (AvgIpc) is 2.64. The van der Waals surface area contributed by atoms with E-state index in [-0.39, 0.29) is 0 Å². The summed E-state index contributed by atoms with van der Waals surface area (Å²) in [6.45, 7) is 8.94. The maximum absolute atomic E-state index is 10.5. The summed E-state index contributed by atoms with van der Waals surface area (Å²) in [4.78, 5) is 0. The van der Waals surface area contributed by atoms with Crippen molar-refractivity contribution in [1.29, 1.82) is 0 Å². The number of aryl methyl sites for hydroxylation is 1. The molecule has 0 heterocycles. The molecule has 0 aliphatic rings. The van der Waals surface area contributed by atoms with Crippen LogP contribution >= 0.6 is 0 Å². The molecule has 0 saturated heterocycles. The lowest BCUT2D eigenvalue weighted by Crippen LogP contribution is -2.02. The van der Waals surface area contributed by atoms with Crippen molar-refractivity contribution in [3.63, 3.8) is 0 Å². The van der Waals surface area contributed by atoms with E-state index in [9.17, 15) is 5.11 Å². The summed E-state index contributed by atoms with van der Waals surface area (Å²) >= 11 is 0. The minimum absolute atomic E-state index is 0.480. The average molecular weight is 339 g/mol. The molecule has 0 aliphatic heterocycles. The van der Waals surface area contributed by atoms with Crippen molar-refractivity contribution in [2.45, 2.75) is 79.1 Å². The first-order valence-corrected chi connectivity index (χ1v) is 10.1. The molecule has 0 fully saturated rings. The topological polar surface area (TPSA) is 20.2 Å². The zero-order valence-corrected chi connectivity index (χ0v) is 16.5. The molecule has 0 saturated carbocycles. The second-order valence-electron chi connectivity index (χ2n) is 6.95. The van der Waals surface area contributed by atoms with E-state index < -0.39 is 0 Å². The molecule has 0 aromatic heterocycles. The Balaban J connectivity index is 2.64. The van der Waals surface area contributed by atoms with Crippen LogP contribution in [-0.4, -0.2) is 5.11 Å². The van der Waals surface area contributed by atoms with Gasteiger partial charge in [-0.25, -0.2) is 0 Å². The Morgan fingerprint density at radius 1 is 0.680 bits per heavy atom. The van der Waals surface area contributed by atoms with Gasteiger partial charge in [0.25, 0.3) is 0 Å². The van der Waals surface area contributed by atoms with Crippen LogP contribution in [0.3, 0.4) is 0 Å². The molecule has 0 radical (unpaired) electrons. The Hall–Kier alpha value is -1.76. The molecule has 2 rings (SSSR count). The van der Waals surface area contributed by atoms with Crippen LogP contribution in [0.1, 0.15) is 75.6 Å². The molecule has 0 bridgehead atoms. The molecule has 1 N–H and O–H groups in total. The molecule has 2 aromatic rings. The highest BCUT2D eigenvalue weighted by Crippen LogP contribution is 2.36. The van der Waals surface area contributed by atoms with Crippen LogP contribution in [0.4, 0.5) is 0 Å². The van der Waals surface area contributed by atoms with Crippen molar-refractivity contribution < 1.29 is 5.11 Å². The molecule has 2 aromatic carbocycles. The van der Waals surface area contributed by atoms with Crippen molar-refractivity contribution in [3.8, 4) is 16.9 Å². The van der Waals surface area contributed by atoms with E-state index in [1.54, 1.807) is 0 Å². The lowest BCUT2D eigenvalue weighted by Gasteiger charge is -2.20. The largest absolute Gasteiger partial charge is 0.508 e. The van der Waals surface area contributed by atoms with Crippen LogP contribution in [0.15, 0.2) is 30.3 Å². The van der Waals surface area contributed by atoms with Gasteiger partial charge >= 0.3 is 0 Å². The number of phenolic OH excluding ortho intramolecular Hbond substituents is 1. The first-order valence-electron chi connectivity index (χ1n) is 10.1. The predicted octanol–water partition coefficient (Wildman–Crippen LogP) is 6.87. The first-order chi connectivity index (χ1) is 12.2. The fourth-order valence-electron chi connectivity index (χ4n) is 3.84. The van der Waals surface area contributed by atoms with E-state index in [0.717, 1.165) is 38.5 Å². The Kier molecular flexibility index (Phi) is 7.55. The molecule has 0 atom stereocenters. The summed E-state index contributed by atoms with van der Waals surface area (Å²) in [6.07, 6.45) is 8.79. The molecule has 136 valence electrons. The third-order valence-electron chi connectivity index (χ3n) is 5.26. The van der Waals surface area contributed by atoms with Crippen LogP contribution in [-0.2, 0) is 25.7 Å². The SMILES string of the molecule is CCCCc1c(O)ccc(-c2cccc(CC)c2CC)c1CCCC. The van der Waals surface area contributed by atoms with E-state index >= 15 is 0 Å². The summed E-state index contributed by atoms with van der Waals surface area (Å²) in [5, 5.41) is 10.5. The fraction of sp³-hybridized carbons (Fsp3) is 0.500. The summed E-state index contributed by atoms with van der Waals surface area (Å²) in [5.74, 6) is 0.480. The van der Waals surface area contributed by atoms with Gasteiger partial charge < -0.3 is 5.11 Å². The van der Waals surface area contributed by atoms with E-state index in [0.29, 0.717) is 5.75 Å². The first kappa shape index (κ1) is 19.6. The van der Waals surface area contributed by atoms with Gasteiger partial charge in [0.1, 0.15) is 5.75 Å². The van der Waals surface area contributed by atoms with Gasteiger partial charge in [0.15, 0.2) is 0 Å². The molecule has 25 heavy (non-hydrogen) atoms. The summed E-state index contributed by atoms with van der Waals surface area (Å²) in [6, 6.07) is 10.8. The van der Waals surface area contributed by atoms with Crippen molar-refractivity contribution in [2.24, 2.45) is 0 Å². The maximum atomic E-state index is 10.5. The molecule has 0 amide bonds. The highest BCUT2D eigenvalue weighted by Gasteiger charge is 2.16. The van der Waals surface area contributed by atoms with Crippen molar-refractivity contribution >= 4 is 0 Å². The molecule has 1 heteroatoms. The summed E-state index contributed by atoms with van der Waals surface area (Å²) in [7, 11) is 0. The number of unbranched alkanes of at least 4 members (excludes halogenated alkanes) is 2. The molecular formula is C24H34O. The Morgan fingerprint density at radius 2 is 1.32 bits per heavy atom. The third kappa shape index (κ3) is 4.45. The smallest absolute Gasteiger partial charge is 0.119 e. The molecule has 1 nitrogen and oxygen atoms in total. The van der Waals surface area contributed by atoms with Crippen LogP contribution in [0.2, 0.25) is 0 Å². The van der Waals surface area contributed by atoms with Crippen LogP contribution in [0.5, 0.6) is 5.75 Å². The zero-order chi connectivity index (χ0) is 18.2. The lowest BCUT2D eigenvalue weighted by molar-refractivity contribution is 0.465. The third-order valence-corrected chi connectivity index (χ3v) is 5.26. The van der Waals surface area contributed by atoms with Crippen LogP contribution in [0.25, 0.3) is 11.1 Å². The van der Waals surface area contributed by atoms with Gasteiger partial charge in [-0.15, -0.1) is 0 Å². The zero-order valence-electron chi connectivity index (χ0n) is 16.5. The molecular weight excluding hydrogens is 304 g/mol. The number of hydrogen-bond donors (Lipinski definition) is 1. The van der Waals surface area contributed by atoms with Crippen LogP contribution in [0, 0.1) is 0 Å². The Labute approximate surface area is 154 Å². The maximum Gasteiger partial charge on any atom is 0.119 e. The number of hydrogen-bond acceptors (Lipinski definition) is 1. The van der Waals surface area contributed by atoms with Crippen molar-refractivity contribution in [3.05, 3.63) is 52.6 Å². The number of benzene rings is 2. The summed E-state index contributed by atoms with van der Waals surface area (Å²) in [5.41, 5.74) is 8.17. The van der Waals surface area contributed by atoms with Crippen molar-refractivity contribution in [2.75, 3.05) is 0 Å². The normalized spacial score (nSPS) is 11.0. The predicted molar refractivity (Wildman–Crippen MR) is 110 cm³/mol. The lowest BCUT2D eigenvalue weighted by atomic mass is 9.85. The van der Waals surface area contributed by atoms with E-state index in [4.69, 9.17) is 0 Å². The second kappa shape index (κ2) is 9.65. The van der Waals surface area contributed by atoms with Gasteiger partial charge in [0.2, 0.25) is 0 Å². The monoisotopic (exact) mass is 338 g/mol. The van der Waals surface area contributed by atoms with Gasteiger partial charge in [-0.1, -0.05) is 64.8 Å². The number of phenols is 1.